The number of rotatable bonds is 9. The Morgan fingerprint density at radius 1 is 1.20 bits per heavy atom. The minimum atomic E-state index is -0.534. The van der Waals surface area contributed by atoms with E-state index in [1.807, 2.05) is 18.2 Å². The molecule has 2 aliphatic heterocycles. The molecule has 1 aromatic carbocycles. The molecule has 3 atom stereocenters. The molecular formula is C23H37N5O2. The van der Waals surface area contributed by atoms with E-state index in [0.29, 0.717) is 12.3 Å². The number of nitrogens with zero attached hydrogens (tertiary/aromatic N) is 1. The maximum Gasteiger partial charge on any atom is 0.246 e. The van der Waals surface area contributed by atoms with Gasteiger partial charge in [-0.05, 0) is 49.8 Å². The monoisotopic (exact) mass is 415 g/mol. The molecule has 0 saturated carbocycles. The van der Waals surface area contributed by atoms with Crippen LogP contribution in [0.5, 0.6) is 0 Å². The van der Waals surface area contributed by atoms with Gasteiger partial charge in [0.15, 0.2) is 0 Å². The van der Waals surface area contributed by atoms with Crippen LogP contribution in [0.4, 0.5) is 11.4 Å². The van der Waals surface area contributed by atoms with Crippen molar-refractivity contribution in [2.45, 2.75) is 77.4 Å². The van der Waals surface area contributed by atoms with Gasteiger partial charge in [-0.3, -0.25) is 15.0 Å². The van der Waals surface area contributed by atoms with Gasteiger partial charge in [-0.2, -0.15) is 0 Å². The Kier molecular flexibility index (Phi) is 8.10. The first-order valence-corrected chi connectivity index (χ1v) is 11.4. The number of hydrazine groups is 1. The zero-order chi connectivity index (χ0) is 21.5. The zero-order valence-corrected chi connectivity index (χ0v) is 18.5. The summed E-state index contributed by atoms with van der Waals surface area (Å²) in [6.07, 6.45) is 5.64. The average Bonchev–Trinajstić information content (AvgIpc) is 3.43. The normalized spacial score (nSPS) is 22.3. The van der Waals surface area contributed by atoms with Crippen molar-refractivity contribution in [3.05, 3.63) is 24.3 Å². The molecule has 7 nitrogen and oxygen atoms in total. The van der Waals surface area contributed by atoms with Crippen molar-refractivity contribution in [1.29, 1.82) is 0 Å². The molecule has 0 aliphatic carbocycles. The summed E-state index contributed by atoms with van der Waals surface area (Å²) in [6, 6.07) is 7.41. The van der Waals surface area contributed by atoms with Crippen molar-refractivity contribution in [1.82, 2.24) is 16.2 Å². The highest BCUT2D eigenvalue weighted by Gasteiger charge is 2.32. The molecule has 2 fully saturated rings. The highest BCUT2D eigenvalue weighted by molar-refractivity contribution is 5.98. The molecule has 2 heterocycles. The molecule has 0 radical (unpaired) electrons. The van der Waals surface area contributed by atoms with E-state index in [0.717, 1.165) is 43.7 Å². The third kappa shape index (κ3) is 5.95. The lowest BCUT2D eigenvalue weighted by molar-refractivity contribution is -0.127. The van der Waals surface area contributed by atoms with Crippen molar-refractivity contribution in [2.24, 2.45) is 5.92 Å². The van der Waals surface area contributed by atoms with E-state index < -0.39 is 6.04 Å². The number of hydrogen-bond acceptors (Lipinski definition) is 5. The van der Waals surface area contributed by atoms with E-state index in [2.05, 4.69) is 53.2 Å². The zero-order valence-electron chi connectivity index (χ0n) is 18.5. The van der Waals surface area contributed by atoms with Gasteiger partial charge in [-0.1, -0.05) is 39.7 Å². The maximum atomic E-state index is 13.0. The number of anilines is 2. The van der Waals surface area contributed by atoms with E-state index >= 15 is 0 Å². The van der Waals surface area contributed by atoms with Gasteiger partial charge in [0.2, 0.25) is 11.8 Å². The minimum Gasteiger partial charge on any atom is -0.371 e. The van der Waals surface area contributed by atoms with Crippen LogP contribution in [0.3, 0.4) is 0 Å². The SMILES string of the molecule is CCCCC(NC(=O)C1CC(C(C)C)NN1)C(=O)Nc1cccc(N2CCCC2)c1. The molecule has 7 heteroatoms. The van der Waals surface area contributed by atoms with E-state index in [1.165, 1.54) is 12.8 Å². The van der Waals surface area contributed by atoms with Crippen LogP contribution < -0.4 is 26.4 Å². The third-order valence-electron chi connectivity index (χ3n) is 6.12. The van der Waals surface area contributed by atoms with Gasteiger partial charge in [-0.25, -0.2) is 5.43 Å². The van der Waals surface area contributed by atoms with Gasteiger partial charge in [-0.15, -0.1) is 0 Å². The Balaban J connectivity index is 1.61. The van der Waals surface area contributed by atoms with Gasteiger partial charge in [0.25, 0.3) is 0 Å². The van der Waals surface area contributed by atoms with E-state index in [1.54, 1.807) is 0 Å². The van der Waals surface area contributed by atoms with Gasteiger partial charge < -0.3 is 15.5 Å². The molecule has 3 unspecified atom stereocenters. The van der Waals surface area contributed by atoms with Crippen LogP contribution in [0, 0.1) is 5.92 Å². The second kappa shape index (κ2) is 10.8. The van der Waals surface area contributed by atoms with E-state index in [9.17, 15) is 9.59 Å². The van der Waals surface area contributed by atoms with Gasteiger partial charge in [0, 0.05) is 30.5 Å². The molecule has 0 bridgehead atoms. The summed E-state index contributed by atoms with van der Waals surface area (Å²) in [6.45, 7) is 8.48. The summed E-state index contributed by atoms with van der Waals surface area (Å²) in [5, 5.41) is 6.00. The molecular weight excluding hydrogens is 378 g/mol. The Hall–Kier alpha value is -2.12. The van der Waals surface area contributed by atoms with Gasteiger partial charge in [0.05, 0.1) is 0 Å². The van der Waals surface area contributed by atoms with Crippen LogP contribution in [-0.2, 0) is 9.59 Å². The van der Waals surface area contributed by atoms with Crippen molar-refractivity contribution in [2.75, 3.05) is 23.3 Å². The summed E-state index contributed by atoms with van der Waals surface area (Å²) >= 11 is 0. The van der Waals surface area contributed by atoms with Crippen molar-refractivity contribution >= 4 is 23.2 Å². The number of hydrogen-bond donors (Lipinski definition) is 4. The third-order valence-corrected chi connectivity index (χ3v) is 6.12. The second-order valence-corrected chi connectivity index (χ2v) is 8.86. The summed E-state index contributed by atoms with van der Waals surface area (Å²) in [5.41, 5.74) is 8.18. The van der Waals surface area contributed by atoms with Crippen LogP contribution in [0.2, 0.25) is 0 Å². The molecule has 2 aliphatic rings. The first-order valence-electron chi connectivity index (χ1n) is 11.4. The summed E-state index contributed by atoms with van der Waals surface area (Å²) in [7, 11) is 0. The first-order chi connectivity index (χ1) is 14.5. The van der Waals surface area contributed by atoms with Gasteiger partial charge >= 0.3 is 0 Å². The smallest absolute Gasteiger partial charge is 0.246 e. The van der Waals surface area contributed by atoms with Crippen molar-refractivity contribution in [3.8, 4) is 0 Å². The topological polar surface area (TPSA) is 85.5 Å². The minimum absolute atomic E-state index is 0.118. The number of carbonyl (C=O) groups excluding carboxylic acids is 2. The highest BCUT2D eigenvalue weighted by atomic mass is 16.2. The number of nitrogens with one attached hydrogen (secondary N) is 4. The van der Waals surface area contributed by atoms with Crippen LogP contribution in [-0.4, -0.2) is 43.0 Å². The molecule has 30 heavy (non-hydrogen) atoms. The molecule has 0 spiro atoms. The molecule has 166 valence electrons. The summed E-state index contributed by atoms with van der Waals surface area (Å²) in [4.78, 5) is 28.1. The fourth-order valence-electron chi connectivity index (χ4n) is 4.13. The fraction of sp³-hybridized carbons (Fsp3) is 0.652. The van der Waals surface area contributed by atoms with Crippen LogP contribution in [0.1, 0.15) is 59.3 Å². The number of carbonyl (C=O) groups is 2. The quantitative estimate of drug-likeness (QED) is 0.498. The molecule has 2 saturated heterocycles. The number of benzene rings is 1. The lowest BCUT2D eigenvalue weighted by atomic mass is 9.99. The first kappa shape index (κ1) is 22.6. The predicted molar refractivity (Wildman–Crippen MR) is 121 cm³/mol. The van der Waals surface area contributed by atoms with E-state index in [4.69, 9.17) is 0 Å². The Bertz CT molecular complexity index is 717. The molecule has 4 N–H and O–H groups in total. The second-order valence-electron chi connectivity index (χ2n) is 8.86. The molecule has 0 aromatic heterocycles. The fourth-order valence-corrected chi connectivity index (χ4v) is 4.13. The predicted octanol–water partition coefficient (Wildman–Crippen LogP) is 2.79. The Labute approximate surface area is 180 Å². The Morgan fingerprint density at radius 2 is 1.97 bits per heavy atom. The highest BCUT2D eigenvalue weighted by Crippen LogP contribution is 2.23. The number of amides is 2. The average molecular weight is 416 g/mol. The lowest BCUT2D eigenvalue weighted by Gasteiger charge is -2.22. The maximum absolute atomic E-state index is 13.0. The summed E-state index contributed by atoms with van der Waals surface area (Å²) in [5.74, 6) is 0.173. The van der Waals surface area contributed by atoms with Crippen LogP contribution in [0.15, 0.2) is 24.3 Å². The molecule has 3 rings (SSSR count). The van der Waals surface area contributed by atoms with Gasteiger partial charge in [0.1, 0.15) is 12.1 Å². The van der Waals surface area contributed by atoms with Crippen molar-refractivity contribution in [3.63, 3.8) is 0 Å². The lowest BCUT2D eigenvalue weighted by Crippen LogP contribution is -2.50. The largest absolute Gasteiger partial charge is 0.371 e. The van der Waals surface area contributed by atoms with Crippen molar-refractivity contribution < 1.29 is 9.59 Å². The molecule has 1 aromatic rings. The van der Waals surface area contributed by atoms with Crippen LogP contribution >= 0.6 is 0 Å². The number of unbranched alkanes of at least 4 members (excludes halogenated alkanes) is 1. The Morgan fingerprint density at radius 3 is 2.63 bits per heavy atom. The van der Waals surface area contributed by atoms with Crippen LogP contribution in [0.25, 0.3) is 0 Å². The molecule has 2 amide bonds. The van der Waals surface area contributed by atoms with E-state index in [-0.39, 0.29) is 23.9 Å². The standard InChI is InChI=1S/C23H37N5O2/c1-4-5-11-19(25-23(30)21-15-20(16(2)3)26-27-21)22(29)24-17-9-8-10-18(14-17)28-12-6-7-13-28/h8-10,14,16,19-21,26-27H,4-7,11-13,15H2,1-3H3,(H,24,29)(H,25,30). The summed E-state index contributed by atoms with van der Waals surface area (Å²) < 4.78 is 0.